The lowest BCUT2D eigenvalue weighted by Gasteiger charge is -2.10. The number of carbonyl (C=O) groups is 1. The summed E-state index contributed by atoms with van der Waals surface area (Å²) < 4.78 is 7.94. The second-order valence-corrected chi connectivity index (χ2v) is 6.72. The van der Waals surface area contributed by atoms with Crippen LogP contribution in [0.15, 0.2) is 60.4 Å². The van der Waals surface area contributed by atoms with Crippen LogP contribution in [0.1, 0.15) is 24.2 Å². The molecule has 0 atom stereocenters. The number of nitrogens with one attached hydrogen (secondary N) is 2. The maximum atomic E-state index is 13.0. The number of carbonyl (C=O) groups excluding carboxylic acids is 1. The molecule has 0 unspecified atom stereocenters. The summed E-state index contributed by atoms with van der Waals surface area (Å²) in [6, 6.07) is 11.9. The molecule has 5 heteroatoms. The molecular formula is C21H22N2O2S. The molecule has 1 aromatic heterocycles. The number of amides is 1. The van der Waals surface area contributed by atoms with Crippen molar-refractivity contribution < 1.29 is 9.53 Å². The average Bonchev–Trinajstić information content (AvgIpc) is 3.05. The van der Waals surface area contributed by atoms with Crippen LogP contribution in [0.5, 0.6) is 5.75 Å². The van der Waals surface area contributed by atoms with Crippen LogP contribution in [0, 0.1) is 0 Å². The fourth-order valence-electron chi connectivity index (χ4n) is 2.84. The average molecular weight is 366 g/mol. The fraction of sp³-hybridized carbons (Fsp3) is 0.190. The van der Waals surface area contributed by atoms with Crippen LogP contribution in [-0.2, 0) is 0 Å². The highest BCUT2D eigenvalue weighted by Gasteiger charge is 2.18. The number of ether oxygens (including phenoxy) is 1. The van der Waals surface area contributed by atoms with Crippen molar-refractivity contribution >= 4 is 37.4 Å². The Labute approximate surface area is 157 Å². The smallest absolute Gasteiger partial charge is 0.256 e. The Balaban J connectivity index is 2.12. The minimum Gasteiger partial charge on any atom is -0.492 e. The summed E-state index contributed by atoms with van der Waals surface area (Å²) in [7, 11) is 1.82. The van der Waals surface area contributed by atoms with Crippen LogP contribution in [0.3, 0.4) is 0 Å². The summed E-state index contributed by atoms with van der Waals surface area (Å²) in [6.45, 7) is 4.45. The van der Waals surface area contributed by atoms with E-state index in [1.165, 1.54) is 0 Å². The van der Waals surface area contributed by atoms with E-state index < -0.39 is 0 Å². The van der Waals surface area contributed by atoms with E-state index in [1.54, 1.807) is 17.5 Å². The van der Waals surface area contributed by atoms with E-state index in [-0.39, 0.29) is 5.91 Å². The number of benzene rings is 2. The van der Waals surface area contributed by atoms with Gasteiger partial charge in [-0.3, -0.25) is 4.79 Å². The molecule has 0 bridgehead atoms. The Kier molecular flexibility index (Phi) is 5.58. The van der Waals surface area contributed by atoms with Gasteiger partial charge in [-0.2, -0.15) is 0 Å². The Hall–Kier alpha value is -2.79. The summed E-state index contributed by atoms with van der Waals surface area (Å²) in [5.41, 5.74) is 1.39. The monoisotopic (exact) mass is 366 g/mol. The Morgan fingerprint density at radius 1 is 1.23 bits per heavy atom. The first-order valence-electron chi connectivity index (χ1n) is 8.58. The third-order valence-corrected chi connectivity index (χ3v) is 5.22. The maximum absolute atomic E-state index is 13.0. The lowest BCUT2D eigenvalue weighted by molar-refractivity contribution is 0.0969. The Morgan fingerprint density at radius 2 is 2.04 bits per heavy atom. The SMILES string of the molecule is C/C=C(\C=C/NC)NC(=O)c1ccc(OCC)c2sc3ccccc3c12. The van der Waals surface area contributed by atoms with Crippen molar-refractivity contribution in [3.63, 3.8) is 0 Å². The highest BCUT2D eigenvalue weighted by molar-refractivity contribution is 7.26. The minimum atomic E-state index is -0.129. The number of allylic oxidation sites excluding steroid dienone is 2. The van der Waals surface area contributed by atoms with E-state index in [0.717, 1.165) is 31.6 Å². The van der Waals surface area contributed by atoms with Gasteiger partial charge in [0.1, 0.15) is 5.75 Å². The van der Waals surface area contributed by atoms with Gasteiger partial charge in [0, 0.05) is 33.8 Å². The molecule has 0 aliphatic heterocycles. The quantitative estimate of drug-likeness (QED) is 0.615. The first-order valence-corrected chi connectivity index (χ1v) is 9.39. The number of hydrogen-bond donors (Lipinski definition) is 2. The zero-order valence-electron chi connectivity index (χ0n) is 15.1. The minimum absolute atomic E-state index is 0.129. The second-order valence-electron chi connectivity index (χ2n) is 5.67. The van der Waals surface area contributed by atoms with Crippen molar-refractivity contribution in [2.75, 3.05) is 13.7 Å². The molecule has 3 aromatic rings. The molecule has 1 heterocycles. The van der Waals surface area contributed by atoms with Gasteiger partial charge in [-0.15, -0.1) is 11.3 Å². The van der Waals surface area contributed by atoms with Crippen molar-refractivity contribution in [2.45, 2.75) is 13.8 Å². The number of hydrogen-bond acceptors (Lipinski definition) is 4. The van der Waals surface area contributed by atoms with Gasteiger partial charge in [0.15, 0.2) is 0 Å². The van der Waals surface area contributed by atoms with Crippen LogP contribution < -0.4 is 15.4 Å². The third-order valence-electron chi connectivity index (χ3n) is 4.03. The number of fused-ring (bicyclic) bond motifs is 3. The van der Waals surface area contributed by atoms with Crippen LogP contribution in [0.25, 0.3) is 20.2 Å². The van der Waals surface area contributed by atoms with Crippen LogP contribution in [0.4, 0.5) is 0 Å². The van der Waals surface area contributed by atoms with E-state index in [9.17, 15) is 4.79 Å². The lowest BCUT2D eigenvalue weighted by atomic mass is 10.0. The molecule has 0 saturated heterocycles. The molecular weight excluding hydrogens is 344 g/mol. The largest absolute Gasteiger partial charge is 0.492 e. The fourth-order valence-corrected chi connectivity index (χ4v) is 4.04. The molecule has 26 heavy (non-hydrogen) atoms. The van der Waals surface area contributed by atoms with E-state index in [2.05, 4.69) is 22.8 Å². The third kappa shape index (κ3) is 3.44. The Morgan fingerprint density at radius 3 is 2.77 bits per heavy atom. The molecule has 134 valence electrons. The van der Waals surface area contributed by atoms with E-state index in [1.807, 2.05) is 57.3 Å². The second kappa shape index (κ2) is 8.06. The first-order chi connectivity index (χ1) is 12.7. The normalized spacial score (nSPS) is 12.0. The molecule has 2 N–H and O–H groups in total. The van der Waals surface area contributed by atoms with Crippen molar-refractivity contribution in [1.29, 1.82) is 0 Å². The maximum Gasteiger partial charge on any atom is 0.256 e. The van der Waals surface area contributed by atoms with Crippen molar-refractivity contribution in [3.05, 3.63) is 66.0 Å². The van der Waals surface area contributed by atoms with Gasteiger partial charge in [0.2, 0.25) is 0 Å². The Bertz CT molecular complexity index is 1000. The predicted octanol–water partition coefficient (Wildman–Crippen LogP) is 4.82. The first kappa shape index (κ1) is 18.0. The van der Waals surface area contributed by atoms with Gasteiger partial charge in [0.05, 0.1) is 11.3 Å². The van der Waals surface area contributed by atoms with Gasteiger partial charge in [-0.05, 0) is 44.3 Å². The predicted molar refractivity (Wildman–Crippen MR) is 110 cm³/mol. The van der Waals surface area contributed by atoms with Crippen molar-refractivity contribution in [3.8, 4) is 5.75 Å². The lowest BCUT2D eigenvalue weighted by Crippen LogP contribution is -2.22. The van der Waals surface area contributed by atoms with Crippen LogP contribution in [-0.4, -0.2) is 19.6 Å². The molecule has 0 radical (unpaired) electrons. The summed E-state index contributed by atoms with van der Waals surface area (Å²) >= 11 is 1.65. The molecule has 3 rings (SSSR count). The number of rotatable bonds is 6. The summed E-state index contributed by atoms with van der Waals surface area (Å²) in [4.78, 5) is 13.0. The summed E-state index contributed by atoms with van der Waals surface area (Å²) in [6.07, 6.45) is 5.47. The highest BCUT2D eigenvalue weighted by atomic mass is 32.1. The molecule has 2 aromatic carbocycles. The van der Waals surface area contributed by atoms with Gasteiger partial charge in [0.25, 0.3) is 5.91 Å². The van der Waals surface area contributed by atoms with Crippen molar-refractivity contribution in [2.24, 2.45) is 0 Å². The van der Waals surface area contributed by atoms with E-state index in [0.29, 0.717) is 12.2 Å². The van der Waals surface area contributed by atoms with Gasteiger partial charge >= 0.3 is 0 Å². The number of thiophene rings is 1. The van der Waals surface area contributed by atoms with Gasteiger partial charge in [-0.25, -0.2) is 0 Å². The molecule has 0 spiro atoms. The summed E-state index contributed by atoms with van der Waals surface area (Å²) in [5.74, 6) is 0.692. The van der Waals surface area contributed by atoms with Crippen LogP contribution in [0.2, 0.25) is 0 Å². The molecule has 0 aliphatic rings. The topological polar surface area (TPSA) is 50.4 Å². The summed E-state index contributed by atoms with van der Waals surface area (Å²) in [5, 5.41) is 7.93. The molecule has 4 nitrogen and oxygen atoms in total. The molecule has 0 aliphatic carbocycles. The zero-order valence-corrected chi connectivity index (χ0v) is 15.9. The van der Waals surface area contributed by atoms with Gasteiger partial charge in [-0.1, -0.05) is 24.3 Å². The van der Waals surface area contributed by atoms with Gasteiger partial charge < -0.3 is 15.4 Å². The van der Waals surface area contributed by atoms with E-state index >= 15 is 0 Å². The van der Waals surface area contributed by atoms with Crippen LogP contribution >= 0.6 is 11.3 Å². The van der Waals surface area contributed by atoms with E-state index in [4.69, 9.17) is 4.74 Å². The molecule has 0 fully saturated rings. The molecule has 1 amide bonds. The standard InChI is InChI=1S/C21H22N2O2S/c1-4-14(12-13-22-3)23-21(24)16-10-11-17(25-5-2)20-19(16)15-8-6-7-9-18(15)26-20/h4,6-13,22H,5H2,1-3H3,(H,23,24)/b13-12-,14-4+. The zero-order chi connectivity index (χ0) is 18.5. The van der Waals surface area contributed by atoms with Crippen molar-refractivity contribution in [1.82, 2.24) is 10.6 Å². The highest BCUT2D eigenvalue weighted by Crippen LogP contribution is 2.41. The molecule has 0 saturated carbocycles.